The minimum Gasteiger partial charge on any atom is -0.482 e. The third kappa shape index (κ3) is 5.12. The van der Waals surface area contributed by atoms with Gasteiger partial charge in [-0.05, 0) is 24.6 Å². The highest BCUT2D eigenvalue weighted by Crippen LogP contribution is 2.27. The van der Waals surface area contributed by atoms with Gasteiger partial charge in [-0.25, -0.2) is 0 Å². The molecule has 0 unspecified atom stereocenters. The largest absolute Gasteiger partial charge is 0.482 e. The minimum absolute atomic E-state index is 0.161. The molecule has 8 heteroatoms. The van der Waals surface area contributed by atoms with Crippen molar-refractivity contribution in [1.82, 2.24) is 10.2 Å². The molecule has 1 amide bonds. The maximum absolute atomic E-state index is 11.8. The monoisotopic (exact) mass is 359 g/mol. The molecule has 0 radical (unpaired) electrons. The number of nitrogens with zero attached hydrogens (tertiary/aromatic N) is 2. The molecule has 0 aliphatic carbocycles. The second-order valence-corrected chi connectivity index (χ2v) is 6.42. The van der Waals surface area contributed by atoms with Crippen LogP contribution in [0.5, 0.6) is 5.75 Å². The van der Waals surface area contributed by atoms with E-state index in [4.69, 9.17) is 27.9 Å². The van der Waals surface area contributed by atoms with Crippen LogP contribution in [0.25, 0.3) is 0 Å². The Kier molecular flexibility index (Phi) is 6.42. The Bertz CT molecular complexity index is 649. The summed E-state index contributed by atoms with van der Waals surface area (Å²) in [5, 5.41) is 12.9. The number of unbranched alkanes of at least 4 members (excludes halogenated alkanes) is 1. The SMILES string of the molecule is CCCCc1nnc(NC(=O)COc2ccc(Cl)cc2Cl)s1. The zero-order chi connectivity index (χ0) is 15.9. The van der Waals surface area contributed by atoms with Crippen LogP contribution in [0.1, 0.15) is 24.8 Å². The molecule has 0 aliphatic heterocycles. The number of amides is 1. The number of halogens is 2. The molecule has 1 aromatic heterocycles. The van der Waals surface area contributed by atoms with E-state index < -0.39 is 0 Å². The van der Waals surface area contributed by atoms with Gasteiger partial charge in [0, 0.05) is 11.4 Å². The average Bonchev–Trinajstić information content (AvgIpc) is 2.91. The number of benzene rings is 1. The summed E-state index contributed by atoms with van der Waals surface area (Å²) in [6, 6.07) is 4.82. The van der Waals surface area contributed by atoms with E-state index in [1.165, 1.54) is 11.3 Å². The lowest BCUT2D eigenvalue weighted by Crippen LogP contribution is -2.20. The molecule has 2 rings (SSSR count). The number of rotatable bonds is 7. The van der Waals surface area contributed by atoms with Crippen molar-refractivity contribution in [2.75, 3.05) is 11.9 Å². The summed E-state index contributed by atoms with van der Waals surface area (Å²) in [7, 11) is 0. The third-order valence-electron chi connectivity index (χ3n) is 2.71. The van der Waals surface area contributed by atoms with E-state index >= 15 is 0 Å². The lowest BCUT2D eigenvalue weighted by Gasteiger charge is -2.07. The first-order valence-electron chi connectivity index (χ1n) is 6.78. The minimum atomic E-state index is -0.316. The van der Waals surface area contributed by atoms with Crippen LogP contribution >= 0.6 is 34.5 Å². The van der Waals surface area contributed by atoms with Crippen LogP contribution in [0.15, 0.2) is 18.2 Å². The van der Waals surface area contributed by atoms with Crippen molar-refractivity contribution in [2.24, 2.45) is 0 Å². The van der Waals surface area contributed by atoms with Gasteiger partial charge >= 0.3 is 0 Å². The van der Waals surface area contributed by atoms with Crippen molar-refractivity contribution in [3.05, 3.63) is 33.3 Å². The third-order valence-corrected chi connectivity index (χ3v) is 4.14. The second kappa shape index (κ2) is 8.31. The average molecular weight is 360 g/mol. The summed E-state index contributed by atoms with van der Waals surface area (Å²) in [5.74, 6) is 0.0892. The summed E-state index contributed by atoms with van der Waals surface area (Å²) in [6.07, 6.45) is 3.03. The van der Waals surface area contributed by atoms with Gasteiger partial charge in [-0.15, -0.1) is 10.2 Å². The van der Waals surface area contributed by atoms with Gasteiger partial charge in [0.2, 0.25) is 5.13 Å². The lowest BCUT2D eigenvalue weighted by atomic mass is 10.3. The second-order valence-electron chi connectivity index (χ2n) is 4.52. The smallest absolute Gasteiger partial charge is 0.264 e. The highest BCUT2D eigenvalue weighted by molar-refractivity contribution is 7.15. The van der Waals surface area contributed by atoms with Gasteiger partial charge in [-0.1, -0.05) is 47.9 Å². The van der Waals surface area contributed by atoms with Gasteiger partial charge in [-0.3, -0.25) is 10.1 Å². The predicted molar refractivity (Wildman–Crippen MR) is 89.1 cm³/mol. The Hall–Kier alpha value is -1.37. The molecule has 118 valence electrons. The number of carbonyl (C=O) groups excluding carboxylic acids is 1. The molecule has 0 atom stereocenters. The van der Waals surface area contributed by atoms with E-state index in [1.54, 1.807) is 18.2 Å². The Balaban J connectivity index is 1.83. The fourth-order valence-electron chi connectivity index (χ4n) is 1.62. The highest BCUT2D eigenvalue weighted by Gasteiger charge is 2.10. The molecule has 5 nitrogen and oxygen atoms in total. The zero-order valence-electron chi connectivity index (χ0n) is 11.9. The first-order chi connectivity index (χ1) is 10.6. The van der Waals surface area contributed by atoms with E-state index in [2.05, 4.69) is 22.4 Å². The van der Waals surface area contributed by atoms with Crippen LogP contribution in [-0.2, 0) is 11.2 Å². The summed E-state index contributed by atoms with van der Waals surface area (Å²) in [4.78, 5) is 11.8. The Morgan fingerprint density at radius 1 is 1.36 bits per heavy atom. The predicted octanol–water partition coefficient (Wildman–Crippen LogP) is 4.21. The van der Waals surface area contributed by atoms with E-state index in [0.717, 1.165) is 24.3 Å². The molecule has 0 aliphatic rings. The molecule has 0 bridgehead atoms. The zero-order valence-corrected chi connectivity index (χ0v) is 14.3. The molecule has 22 heavy (non-hydrogen) atoms. The van der Waals surface area contributed by atoms with Gasteiger partial charge in [0.25, 0.3) is 5.91 Å². The van der Waals surface area contributed by atoms with Crippen molar-refractivity contribution >= 4 is 45.6 Å². The van der Waals surface area contributed by atoms with Gasteiger partial charge < -0.3 is 4.74 Å². The molecule has 0 saturated heterocycles. The maximum atomic E-state index is 11.8. The molecular formula is C14H15Cl2N3O2S. The molecule has 1 heterocycles. The lowest BCUT2D eigenvalue weighted by molar-refractivity contribution is -0.118. The number of anilines is 1. The van der Waals surface area contributed by atoms with E-state index in [-0.39, 0.29) is 12.5 Å². The Labute approximate surface area is 142 Å². The molecule has 0 saturated carbocycles. The van der Waals surface area contributed by atoms with Crippen LogP contribution < -0.4 is 10.1 Å². The quantitative estimate of drug-likeness (QED) is 0.804. The Morgan fingerprint density at radius 3 is 2.91 bits per heavy atom. The van der Waals surface area contributed by atoms with Gasteiger partial charge in [0.05, 0.1) is 5.02 Å². The van der Waals surface area contributed by atoms with Gasteiger partial charge in [0.1, 0.15) is 10.8 Å². The summed E-state index contributed by atoms with van der Waals surface area (Å²) in [5.41, 5.74) is 0. The molecule has 0 spiro atoms. The molecule has 1 N–H and O–H groups in total. The van der Waals surface area contributed by atoms with Crippen molar-refractivity contribution in [3.63, 3.8) is 0 Å². The molecule has 0 fully saturated rings. The van der Waals surface area contributed by atoms with E-state index in [9.17, 15) is 4.79 Å². The van der Waals surface area contributed by atoms with Gasteiger partial charge in [-0.2, -0.15) is 0 Å². The highest BCUT2D eigenvalue weighted by atomic mass is 35.5. The van der Waals surface area contributed by atoms with Crippen LogP contribution in [0.4, 0.5) is 5.13 Å². The van der Waals surface area contributed by atoms with Crippen LogP contribution in [0.3, 0.4) is 0 Å². The number of nitrogens with one attached hydrogen (secondary N) is 1. The Morgan fingerprint density at radius 2 is 2.18 bits per heavy atom. The molecular weight excluding hydrogens is 345 g/mol. The standard InChI is InChI=1S/C14H15Cl2N3O2S/c1-2-3-4-13-18-19-14(22-13)17-12(20)8-21-11-6-5-9(15)7-10(11)16/h5-7H,2-4,8H2,1H3,(H,17,19,20). The number of aromatic nitrogens is 2. The summed E-state index contributed by atoms with van der Waals surface area (Å²) < 4.78 is 5.35. The number of carbonyl (C=O) groups is 1. The number of hydrogen-bond donors (Lipinski definition) is 1. The fraction of sp³-hybridized carbons (Fsp3) is 0.357. The molecule has 2 aromatic rings. The van der Waals surface area contributed by atoms with Crippen LogP contribution in [0.2, 0.25) is 10.0 Å². The van der Waals surface area contributed by atoms with Gasteiger partial charge in [0.15, 0.2) is 6.61 Å². The normalized spacial score (nSPS) is 10.5. The fourth-order valence-corrected chi connectivity index (χ4v) is 2.88. The van der Waals surface area contributed by atoms with E-state index in [0.29, 0.717) is 20.9 Å². The van der Waals surface area contributed by atoms with Crippen LogP contribution in [0, 0.1) is 0 Å². The van der Waals surface area contributed by atoms with Crippen LogP contribution in [-0.4, -0.2) is 22.7 Å². The van der Waals surface area contributed by atoms with Crippen molar-refractivity contribution in [1.29, 1.82) is 0 Å². The van der Waals surface area contributed by atoms with Crippen molar-refractivity contribution in [2.45, 2.75) is 26.2 Å². The summed E-state index contributed by atoms with van der Waals surface area (Å²) >= 11 is 13.1. The van der Waals surface area contributed by atoms with Crippen molar-refractivity contribution in [3.8, 4) is 5.75 Å². The van der Waals surface area contributed by atoms with E-state index in [1.807, 2.05) is 0 Å². The summed E-state index contributed by atoms with van der Waals surface area (Å²) in [6.45, 7) is 1.95. The number of aryl methyl sites for hydroxylation is 1. The number of hydrogen-bond acceptors (Lipinski definition) is 5. The first-order valence-corrected chi connectivity index (χ1v) is 8.36. The topological polar surface area (TPSA) is 64.1 Å². The maximum Gasteiger partial charge on any atom is 0.264 e. The number of ether oxygens (including phenoxy) is 1. The molecule has 1 aromatic carbocycles. The van der Waals surface area contributed by atoms with Crippen molar-refractivity contribution < 1.29 is 9.53 Å². The first kappa shape index (κ1) is 17.0.